The number of fused-ring (bicyclic) bond motifs is 1. The standard InChI is InChI=1S/C14H18N4O2S/c1-10(13(19)17-8-6-16(2)7-9-17)18-11-4-3-5-15-12(11)21-14(18)20/h3-5,10H,6-9H2,1-2H3. The summed E-state index contributed by atoms with van der Waals surface area (Å²) >= 11 is 1.09. The van der Waals surface area contributed by atoms with Crippen LogP contribution in [0.3, 0.4) is 0 Å². The highest BCUT2D eigenvalue weighted by Crippen LogP contribution is 2.20. The van der Waals surface area contributed by atoms with Gasteiger partial charge >= 0.3 is 4.87 Å². The van der Waals surface area contributed by atoms with Crippen molar-refractivity contribution in [1.82, 2.24) is 19.4 Å². The molecule has 2 aromatic heterocycles. The van der Waals surface area contributed by atoms with Crippen molar-refractivity contribution in [3.63, 3.8) is 0 Å². The lowest BCUT2D eigenvalue weighted by Gasteiger charge is -2.34. The second-order valence-corrected chi connectivity index (χ2v) is 6.31. The van der Waals surface area contributed by atoms with Crippen LogP contribution < -0.4 is 4.87 Å². The van der Waals surface area contributed by atoms with Gasteiger partial charge in [-0.05, 0) is 26.1 Å². The van der Waals surface area contributed by atoms with Crippen LogP contribution >= 0.6 is 11.3 Å². The fraction of sp³-hybridized carbons (Fsp3) is 0.500. The van der Waals surface area contributed by atoms with Crippen molar-refractivity contribution in [3.05, 3.63) is 28.0 Å². The molecule has 2 aromatic rings. The Balaban J connectivity index is 1.90. The smallest absolute Gasteiger partial charge is 0.310 e. The van der Waals surface area contributed by atoms with Gasteiger partial charge in [-0.2, -0.15) is 0 Å². The molecule has 0 aliphatic carbocycles. The summed E-state index contributed by atoms with van der Waals surface area (Å²) in [6.07, 6.45) is 1.66. The number of amides is 1. The topological polar surface area (TPSA) is 58.4 Å². The van der Waals surface area contributed by atoms with Crippen LogP contribution in [0, 0.1) is 0 Å². The summed E-state index contributed by atoms with van der Waals surface area (Å²) in [5.41, 5.74) is 0.738. The van der Waals surface area contributed by atoms with Crippen molar-refractivity contribution in [3.8, 4) is 0 Å². The van der Waals surface area contributed by atoms with E-state index in [1.165, 1.54) is 0 Å². The van der Waals surface area contributed by atoms with E-state index in [2.05, 4.69) is 9.88 Å². The Bertz CT molecular complexity index is 715. The summed E-state index contributed by atoms with van der Waals surface area (Å²) in [5.74, 6) is 0.00810. The Kier molecular flexibility index (Phi) is 3.77. The number of nitrogens with zero attached hydrogens (tertiary/aromatic N) is 4. The molecule has 1 fully saturated rings. The monoisotopic (exact) mass is 306 g/mol. The van der Waals surface area contributed by atoms with Crippen molar-refractivity contribution in [2.75, 3.05) is 33.2 Å². The molecule has 0 bridgehead atoms. The molecule has 0 N–H and O–H groups in total. The minimum Gasteiger partial charge on any atom is -0.338 e. The number of carbonyl (C=O) groups is 1. The fourth-order valence-corrected chi connectivity index (χ4v) is 3.55. The molecule has 112 valence electrons. The van der Waals surface area contributed by atoms with Crippen molar-refractivity contribution >= 4 is 27.6 Å². The Morgan fingerprint density at radius 2 is 2.05 bits per heavy atom. The average molecular weight is 306 g/mol. The number of rotatable bonds is 2. The Morgan fingerprint density at radius 1 is 1.33 bits per heavy atom. The van der Waals surface area contributed by atoms with Crippen LogP contribution in [0.15, 0.2) is 23.1 Å². The van der Waals surface area contributed by atoms with E-state index >= 15 is 0 Å². The molecule has 0 radical (unpaired) electrons. The highest BCUT2D eigenvalue weighted by Gasteiger charge is 2.27. The van der Waals surface area contributed by atoms with E-state index in [0.29, 0.717) is 4.83 Å². The highest BCUT2D eigenvalue weighted by molar-refractivity contribution is 7.16. The first-order chi connectivity index (χ1) is 10.1. The first kappa shape index (κ1) is 14.2. The molecule has 6 nitrogen and oxygen atoms in total. The molecule has 1 saturated heterocycles. The van der Waals surface area contributed by atoms with E-state index in [9.17, 15) is 9.59 Å². The lowest BCUT2D eigenvalue weighted by atomic mass is 10.2. The largest absolute Gasteiger partial charge is 0.338 e. The number of piperazine rings is 1. The van der Waals surface area contributed by atoms with E-state index in [1.807, 2.05) is 18.0 Å². The van der Waals surface area contributed by atoms with Gasteiger partial charge in [0.1, 0.15) is 10.9 Å². The predicted molar refractivity (Wildman–Crippen MR) is 82.7 cm³/mol. The van der Waals surface area contributed by atoms with Crippen LogP contribution in [-0.4, -0.2) is 58.5 Å². The Labute approximate surface area is 126 Å². The van der Waals surface area contributed by atoms with Gasteiger partial charge in [0.2, 0.25) is 5.91 Å². The number of hydrogen-bond donors (Lipinski definition) is 0. The van der Waals surface area contributed by atoms with Gasteiger partial charge in [0.25, 0.3) is 0 Å². The molecule has 1 unspecified atom stereocenters. The van der Waals surface area contributed by atoms with E-state index in [4.69, 9.17) is 0 Å². The first-order valence-electron chi connectivity index (χ1n) is 7.01. The maximum atomic E-state index is 12.6. The van der Waals surface area contributed by atoms with Crippen molar-refractivity contribution in [2.45, 2.75) is 13.0 Å². The normalized spacial score (nSPS) is 18.1. The van der Waals surface area contributed by atoms with Gasteiger partial charge in [0.05, 0.1) is 5.52 Å². The number of hydrogen-bond acceptors (Lipinski definition) is 5. The molecule has 1 amide bonds. The van der Waals surface area contributed by atoms with Crippen LogP contribution in [0.2, 0.25) is 0 Å². The maximum absolute atomic E-state index is 12.6. The molecule has 1 aliphatic rings. The average Bonchev–Trinajstić information content (AvgIpc) is 2.82. The van der Waals surface area contributed by atoms with Gasteiger partial charge in [-0.3, -0.25) is 14.2 Å². The summed E-state index contributed by atoms with van der Waals surface area (Å²) in [7, 11) is 2.05. The molecule has 3 rings (SSSR count). The van der Waals surface area contributed by atoms with Gasteiger partial charge in [0, 0.05) is 32.4 Å². The van der Waals surface area contributed by atoms with E-state index in [-0.39, 0.29) is 10.8 Å². The molecule has 0 aromatic carbocycles. The third-order valence-electron chi connectivity index (χ3n) is 3.95. The van der Waals surface area contributed by atoms with Crippen molar-refractivity contribution in [2.24, 2.45) is 0 Å². The molecule has 0 saturated carbocycles. The van der Waals surface area contributed by atoms with Crippen molar-refractivity contribution < 1.29 is 4.79 Å². The number of carbonyl (C=O) groups excluding carboxylic acids is 1. The molecule has 21 heavy (non-hydrogen) atoms. The first-order valence-corrected chi connectivity index (χ1v) is 7.83. The zero-order valence-corrected chi connectivity index (χ0v) is 13.0. The summed E-state index contributed by atoms with van der Waals surface area (Å²) in [4.78, 5) is 33.6. The second kappa shape index (κ2) is 5.57. The molecular formula is C14H18N4O2S. The number of thiazole rings is 1. The number of pyridine rings is 1. The van der Waals surface area contributed by atoms with Crippen LogP contribution in [0.4, 0.5) is 0 Å². The zero-order valence-electron chi connectivity index (χ0n) is 12.2. The molecule has 1 atom stereocenters. The van der Waals surface area contributed by atoms with E-state index < -0.39 is 6.04 Å². The molecule has 0 spiro atoms. The Morgan fingerprint density at radius 3 is 2.76 bits per heavy atom. The van der Waals surface area contributed by atoms with Gasteiger partial charge < -0.3 is 9.80 Å². The predicted octanol–water partition coefficient (Wildman–Crippen LogP) is 0.793. The zero-order chi connectivity index (χ0) is 15.0. The van der Waals surface area contributed by atoms with Crippen molar-refractivity contribution in [1.29, 1.82) is 0 Å². The minimum absolute atomic E-state index is 0.00810. The molecular weight excluding hydrogens is 288 g/mol. The van der Waals surface area contributed by atoms with Gasteiger partial charge in [-0.15, -0.1) is 0 Å². The second-order valence-electron chi connectivity index (χ2n) is 5.37. The number of likely N-dealkylation sites (N-methyl/N-ethyl adjacent to an activating group) is 1. The molecule has 1 aliphatic heterocycles. The third kappa shape index (κ3) is 2.58. The summed E-state index contributed by atoms with van der Waals surface area (Å²) in [6.45, 7) is 4.98. The number of aromatic nitrogens is 2. The van der Waals surface area contributed by atoms with E-state index in [0.717, 1.165) is 43.0 Å². The van der Waals surface area contributed by atoms with Crippen LogP contribution in [0.5, 0.6) is 0 Å². The van der Waals surface area contributed by atoms with Crippen LogP contribution in [-0.2, 0) is 4.79 Å². The lowest BCUT2D eigenvalue weighted by molar-refractivity contribution is -0.135. The fourth-order valence-electron chi connectivity index (χ4n) is 2.64. The molecule has 7 heteroatoms. The van der Waals surface area contributed by atoms with Gasteiger partial charge in [-0.25, -0.2) is 4.98 Å². The summed E-state index contributed by atoms with van der Waals surface area (Å²) in [5, 5.41) is 0. The van der Waals surface area contributed by atoms with Crippen LogP contribution in [0.25, 0.3) is 10.3 Å². The quantitative estimate of drug-likeness (QED) is 0.823. The SMILES string of the molecule is CC(C(=O)N1CCN(C)CC1)n1c(=O)sc2ncccc21. The molecule has 3 heterocycles. The third-order valence-corrected chi connectivity index (χ3v) is 4.83. The highest BCUT2D eigenvalue weighted by atomic mass is 32.1. The van der Waals surface area contributed by atoms with Crippen LogP contribution in [0.1, 0.15) is 13.0 Å². The Hall–Kier alpha value is -1.73. The summed E-state index contributed by atoms with van der Waals surface area (Å²) < 4.78 is 1.56. The van der Waals surface area contributed by atoms with Gasteiger partial charge in [0.15, 0.2) is 0 Å². The van der Waals surface area contributed by atoms with E-state index in [1.54, 1.807) is 23.8 Å². The van der Waals surface area contributed by atoms with Gasteiger partial charge in [-0.1, -0.05) is 11.3 Å². The summed E-state index contributed by atoms with van der Waals surface area (Å²) in [6, 6.07) is 3.14. The minimum atomic E-state index is -0.487. The maximum Gasteiger partial charge on any atom is 0.310 e. The lowest BCUT2D eigenvalue weighted by Crippen LogP contribution is -2.49.